The Bertz CT molecular complexity index is 467. The van der Waals surface area contributed by atoms with E-state index in [4.69, 9.17) is 4.74 Å². The minimum atomic E-state index is 0.362. The summed E-state index contributed by atoms with van der Waals surface area (Å²) in [6.07, 6.45) is 8.70. The van der Waals surface area contributed by atoms with Gasteiger partial charge in [0.1, 0.15) is 5.82 Å². The van der Waals surface area contributed by atoms with E-state index in [0.717, 1.165) is 31.6 Å². The second-order valence-electron chi connectivity index (χ2n) is 6.51. The average Bonchev–Trinajstić information content (AvgIpc) is 3.30. The lowest BCUT2D eigenvalue weighted by Gasteiger charge is -2.28. The van der Waals surface area contributed by atoms with Crippen molar-refractivity contribution in [1.82, 2.24) is 10.3 Å². The molecule has 2 fully saturated rings. The molecule has 0 radical (unpaired) electrons. The van der Waals surface area contributed by atoms with E-state index < -0.39 is 0 Å². The fourth-order valence-electron chi connectivity index (χ4n) is 3.02. The maximum Gasteiger partial charge on any atom is 0.131 e. The maximum atomic E-state index is 5.83. The molecule has 1 saturated heterocycles. The predicted octanol–water partition coefficient (Wildman–Crippen LogP) is 2.65. The summed E-state index contributed by atoms with van der Waals surface area (Å²) in [5.41, 5.74) is 2.54. The van der Waals surface area contributed by atoms with Crippen LogP contribution in [0.4, 0.5) is 5.82 Å². The van der Waals surface area contributed by atoms with E-state index in [2.05, 4.69) is 35.2 Å². The molecule has 1 saturated carbocycles. The van der Waals surface area contributed by atoms with E-state index in [-0.39, 0.29) is 0 Å². The highest BCUT2D eigenvalue weighted by Crippen LogP contribution is 2.22. The van der Waals surface area contributed by atoms with Gasteiger partial charge < -0.3 is 15.0 Å². The fourth-order valence-corrected chi connectivity index (χ4v) is 3.02. The molecule has 2 heterocycles. The summed E-state index contributed by atoms with van der Waals surface area (Å²) in [4.78, 5) is 6.91. The molecule has 1 aliphatic heterocycles. The van der Waals surface area contributed by atoms with Crippen LogP contribution in [0, 0.1) is 6.92 Å². The lowest BCUT2D eigenvalue weighted by molar-refractivity contribution is 0.0215. The molecule has 1 atom stereocenters. The van der Waals surface area contributed by atoms with Gasteiger partial charge in [0.2, 0.25) is 0 Å². The number of nitrogens with zero attached hydrogens (tertiary/aromatic N) is 2. The molecule has 1 aromatic heterocycles. The summed E-state index contributed by atoms with van der Waals surface area (Å²) in [6.45, 7) is 4.94. The van der Waals surface area contributed by atoms with Crippen molar-refractivity contribution in [3.8, 4) is 0 Å². The second-order valence-corrected chi connectivity index (χ2v) is 6.51. The summed E-state index contributed by atoms with van der Waals surface area (Å²) < 4.78 is 5.83. The average molecular weight is 289 g/mol. The van der Waals surface area contributed by atoms with Gasteiger partial charge in [0, 0.05) is 39.0 Å². The number of hydrogen-bond donors (Lipinski definition) is 1. The molecular weight excluding hydrogens is 262 g/mol. The number of aromatic nitrogens is 1. The number of hydrogen-bond acceptors (Lipinski definition) is 4. The normalized spacial score (nSPS) is 22.3. The topological polar surface area (TPSA) is 37.4 Å². The molecule has 116 valence electrons. The first-order valence-electron chi connectivity index (χ1n) is 8.24. The van der Waals surface area contributed by atoms with E-state index in [1.165, 1.54) is 43.2 Å². The molecule has 1 aromatic rings. The summed E-state index contributed by atoms with van der Waals surface area (Å²) in [5, 5.41) is 3.54. The van der Waals surface area contributed by atoms with Gasteiger partial charge in [-0.3, -0.25) is 0 Å². The predicted molar refractivity (Wildman–Crippen MR) is 85.7 cm³/mol. The van der Waals surface area contributed by atoms with E-state index in [9.17, 15) is 0 Å². The van der Waals surface area contributed by atoms with Gasteiger partial charge in [-0.1, -0.05) is 0 Å². The van der Waals surface area contributed by atoms with Crippen LogP contribution >= 0.6 is 0 Å². The zero-order valence-electron chi connectivity index (χ0n) is 13.3. The monoisotopic (exact) mass is 289 g/mol. The summed E-state index contributed by atoms with van der Waals surface area (Å²) >= 11 is 0. The molecule has 21 heavy (non-hydrogen) atoms. The van der Waals surface area contributed by atoms with Crippen molar-refractivity contribution in [3.05, 3.63) is 23.4 Å². The van der Waals surface area contributed by atoms with Crippen LogP contribution in [0.15, 0.2) is 12.3 Å². The van der Waals surface area contributed by atoms with Gasteiger partial charge >= 0.3 is 0 Å². The highest BCUT2D eigenvalue weighted by atomic mass is 16.5. The Balaban J connectivity index is 1.57. The summed E-state index contributed by atoms with van der Waals surface area (Å²) in [6, 6.07) is 3.01. The number of aryl methyl sites for hydroxylation is 1. The molecule has 4 nitrogen and oxygen atoms in total. The molecular formula is C17H27N3O. The van der Waals surface area contributed by atoms with Gasteiger partial charge in [0.15, 0.2) is 0 Å². The Morgan fingerprint density at radius 1 is 1.33 bits per heavy atom. The third-order valence-electron chi connectivity index (χ3n) is 4.39. The first kappa shape index (κ1) is 14.8. The second kappa shape index (κ2) is 6.75. The minimum Gasteiger partial charge on any atom is -0.376 e. The molecule has 1 aliphatic carbocycles. The first-order chi connectivity index (χ1) is 10.2. The first-order valence-corrected chi connectivity index (χ1v) is 8.24. The number of ether oxygens (including phenoxy) is 1. The van der Waals surface area contributed by atoms with Gasteiger partial charge in [-0.2, -0.15) is 0 Å². The SMILES string of the molecule is Cc1cc(CNC2CC2)cnc1N(C)CC1CCCCO1. The van der Waals surface area contributed by atoms with Crippen LogP contribution in [0.25, 0.3) is 0 Å². The Hall–Kier alpha value is -1.13. The van der Waals surface area contributed by atoms with Crippen molar-refractivity contribution in [2.45, 2.75) is 57.7 Å². The Morgan fingerprint density at radius 3 is 2.86 bits per heavy atom. The highest BCUT2D eigenvalue weighted by Gasteiger charge is 2.20. The summed E-state index contributed by atoms with van der Waals surface area (Å²) in [5.74, 6) is 1.08. The Labute approximate surface area is 127 Å². The van der Waals surface area contributed by atoms with Crippen molar-refractivity contribution in [2.24, 2.45) is 0 Å². The molecule has 0 spiro atoms. The van der Waals surface area contributed by atoms with Crippen LogP contribution in [0.3, 0.4) is 0 Å². The van der Waals surface area contributed by atoms with Crippen molar-refractivity contribution >= 4 is 5.82 Å². The van der Waals surface area contributed by atoms with Crippen molar-refractivity contribution in [2.75, 3.05) is 25.1 Å². The van der Waals surface area contributed by atoms with Crippen LogP contribution in [-0.2, 0) is 11.3 Å². The van der Waals surface area contributed by atoms with E-state index in [0.29, 0.717) is 6.10 Å². The minimum absolute atomic E-state index is 0.362. The zero-order valence-corrected chi connectivity index (χ0v) is 13.3. The molecule has 0 bridgehead atoms. The van der Waals surface area contributed by atoms with E-state index in [1.54, 1.807) is 0 Å². The van der Waals surface area contributed by atoms with Crippen LogP contribution in [0.5, 0.6) is 0 Å². The smallest absolute Gasteiger partial charge is 0.131 e. The molecule has 4 heteroatoms. The molecule has 1 unspecified atom stereocenters. The van der Waals surface area contributed by atoms with Gasteiger partial charge in [0.25, 0.3) is 0 Å². The van der Waals surface area contributed by atoms with Crippen LogP contribution < -0.4 is 10.2 Å². The van der Waals surface area contributed by atoms with Crippen molar-refractivity contribution in [3.63, 3.8) is 0 Å². The quantitative estimate of drug-likeness (QED) is 0.873. The fraction of sp³-hybridized carbons (Fsp3) is 0.706. The van der Waals surface area contributed by atoms with Crippen LogP contribution in [0.2, 0.25) is 0 Å². The lowest BCUT2D eigenvalue weighted by Crippen LogP contribution is -2.34. The number of pyridine rings is 1. The molecule has 0 amide bonds. The van der Waals surface area contributed by atoms with Crippen LogP contribution in [0.1, 0.15) is 43.2 Å². The molecule has 0 aromatic carbocycles. The van der Waals surface area contributed by atoms with Gasteiger partial charge in [0.05, 0.1) is 6.10 Å². The Kier molecular flexibility index (Phi) is 4.76. The van der Waals surface area contributed by atoms with Gasteiger partial charge in [-0.15, -0.1) is 0 Å². The number of anilines is 1. The Morgan fingerprint density at radius 2 is 2.19 bits per heavy atom. The summed E-state index contributed by atoms with van der Waals surface area (Å²) in [7, 11) is 2.12. The molecule has 3 rings (SSSR count). The van der Waals surface area contributed by atoms with E-state index >= 15 is 0 Å². The number of likely N-dealkylation sites (N-methyl/N-ethyl adjacent to an activating group) is 1. The molecule has 2 aliphatic rings. The zero-order chi connectivity index (χ0) is 14.7. The van der Waals surface area contributed by atoms with E-state index in [1.807, 2.05) is 6.20 Å². The highest BCUT2D eigenvalue weighted by molar-refractivity contribution is 5.46. The maximum absolute atomic E-state index is 5.83. The molecule has 1 N–H and O–H groups in total. The van der Waals surface area contributed by atoms with Crippen LogP contribution in [-0.4, -0.2) is 37.3 Å². The lowest BCUT2D eigenvalue weighted by atomic mass is 10.1. The number of nitrogens with one attached hydrogen (secondary N) is 1. The third-order valence-corrected chi connectivity index (χ3v) is 4.39. The standard InChI is InChI=1S/C17H27N3O/c1-13-9-14(10-18-15-6-7-15)11-19-17(13)20(2)12-16-5-3-4-8-21-16/h9,11,15-16,18H,3-8,10,12H2,1-2H3. The van der Waals surface area contributed by atoms with Crippen molar-refractivity contribution in [1.29, 1.82) is 0 Å². The largest absolute Gasteiger partial charge is 0.376 e. The third kappa shape index (κ3) is 4.17. The van der Waals surface area contributed by atoms with Gasteiger partial charge in [-0.05, 0) is 56.2 Å². The van der Waals surface area contributed by atoms with Gasteiger partial charge in [-0.25, -0.2) is 4.98 Å². The van der Waals surface area contributed by atoms with Crippen molar-refractivity contribution < 1.29 is 4.74 Å². The number of rotatable bonds is 6.